The molecule has 0 rings (SSSR count). The van der Waals surface area contributed by atoms with Crippen LogP contribution in [0.1, 0.15) is 59.3 Å². The van der Waals surface area contributed by atoms with Gasteiger partial charge in [-0.2, -0.15) is 0 Å². The van der Waals surface area contributed by atoms with E-state index in [9.17, 15) is 0 Å². The molecule has 14 heavy (non-hydrogen) atoms. The molecule has 0 saturated carbocycles. The SMILES string of the molecule is C=CCCCCCC(C)(C)CC(C)N. The fourth-order valence-electron chi connectivity index (χ4n) is 2.04. The third-order valence-corrected chi connectivity index (χ3v) is 2.64. The quantitative estimate of drug-likeness (QED) is 0.464. The maximum Gasteiger partial charge on any atom is 0.00155 e. The largest absolute Gasteiger partial charge is 0.328 e. The van der Waals surface area contributed by atoms with Gasteiger partial charge in [0.05, 0.1) is 0 Å². The van der Waals surface area contributed by atoms with E-state index < -0.39 is 0 Å². The zero-order valence-corrected chi connectivity index (χ0v) is 10.2. The van der Waals surface area contributed by atoms with Crippen molar-refractivity contribution in [1.82, 2.24) is 0 Å². The topological polar surface area (TPSA) is 26.0 Å². The molecule has 0 radical (unpaired) electrons. The molecule has 0 amide bonds. The van der Waals surface area contributed by atoms with Gasteiger partial charge >= 0.3 is 0 Å². The number of hydrogen-bond acceptors (Lipinski definition) is 1. The van der Waals surface area contributed by atoms with Gasteiger partial charge in [-0.05, 0) is 38.0 Å². The average molecular weight is 197 g/mol. The van der Waals surface area contributed by atoms with Crippen molar-refractivity contribution in [3.8, 4) is 0 Å². The van der Waals surface area contributed by atoms with E-state index in [4.69, 9.17) is 5.73 Å². The summed E-state index contributed by atoms with van der Waals surface area (Å²) in [5, 5.41) is 0. The molecule has 1 unspecified atom stereocenters. The summed E-state index contributed by atoms with van der Waals surface area (Å²) in [5.41, 5.74) is 6.24. The molecular formula is C13H27N. The van der Waals surface area contributed by atoms with Crippen molar-refractivity contribution in [3.63, 3.8) is 0 Å². The molecule has 0 aliphatic carbocycles. The Hall–Kier alpha value is -0.300. The predicted molar refractivity (Wildman–Crippen MR) is 65.3 cm³/mol. The molecule has 0 aromatic carbocycles. The van der Waals surface area contributed by atoms with E-state index in [1.165, 1.54) is 25.7 Å². The zero-order chi connectivity index (χ0) is 11.0. The highest BCUT2D eigenvalue weighted by Crippen LogP contribution is 2.28. The molecule has 2 N–H and O–H groups in total. The fourth-order valence-corrected chi connectivity index (χ4v) is 2.04. The molecule has 1 atom stereocenters. The Morgan fingerprint density at radius 3 is 2.43 bits per heavy atom. The first kappa shape index (κ1) is 13.7. The Morgan fingerprint density at radius 1 is 1.29 bits per heavy atom. The van der Waals surface area contributed by atoms with Crippen LogP contribution in [0.25, 0.3) is 0 Å². The van der Waals surface area contributed by atoms with Gasteiger partial charge in [-0.15, -0.1) is 6.58 Å². The standard InChI is InChI=1S/C13H27N/c1-5-6-7-8-9-10-13(3,4)11-12(2)14/h5,12H,1,6-11,14H2,2-4H3. The van der Waals surface area contributed by atoms with Gasteiger partial charge in [0.1, 0.15) is 0 Å². The molecule has 1 nitrogen and oxygen atoms in total. The monoisotopic (exact) mass is 197 g/mol. The maximum atomic E-state index is 5.82. The number of hydrogen-bond donors (Lipinski definition) is 1. The second kappa shape index (κ2) is 7.05. The third kappa shape index (κ3) is 8.31. The minimum absolute atomic E-state index is 0.332. The van der Waals surface area contributed by atoms with Crippen LogP contribution in [0.2, 0.25) is 0 Å². The van der Waals surface area contributed by atoms with Crippen LogP contribution in [0.15, 0.2) is 12.7 Å². The van der Waals surface area contributed by atoms with E-state index >= 15 is 0 Å². The molecule has 0 fully saturated rings. The van der Waals surface area contributed by atoms with Gasteiger partial charge in [0, 0.05) is 6.04 Å². The van der Waals surface area contributed by atoms with E-state index in [-0.39, 0.29) is 0 Å². The van der Waals surface area contributed by atoms with Gasteiger partial charge in [0.15, 0.2) is 0 Å². The first-order valence-corrected chi connectivity index (χ1v) is 5.84. The second-order valence-corrected chi connectivity index (χ2v) is 5.23. The van der Waals surface area contributed by atoms with Crippen LogP contribution in [0.3, 0.4) is 0 Å². The van der Waals surface area contributed by atoms with E-state index in [1.807, 2.05) is 6.08 Å². The van der Waals surface area contributed by atoms with Crippen molar-refractivity contribution in [3.05, 3.63) is 12.7 Å². The normalized spacial score (nSPS) is 14.0. The molecule has 0 aliphatic heterocycles. The molecule has 0 aromatic heterocycles. The number of rotatable bonds is 8. The van der Waals surface area contributed by atoms with Gasteiger partial charge in [0.25, 0.3) is 0 Å². The van der Waals surface area contributed by atoms with Crippen LogP contribution >= 0.6 is 0 Å². The summed E-state index contributed by atoms with van der Waals surface area (Å²) in [6.07, 6.45) is 9.54. The number of nitrogens with two attached hydrogens (primary N) is 1. The van der Waals surface area contributed by atoms with Crippen molar-refractivity contribution in [2.45, 2.75) is 65.3 Å². The Kier molecular flexibility index (Phi) is 6.90. The summed E-state index contributed by atoms with van der Waals surface area (Å²) in [5.74, 6) is 0. The highest BCUT2D eigenvalue weighted by molar-refractivity contribution is 4.73. The summed E-state index contributed by atoms with van der Waals surface area (Å²) in [7, 11) is 0. The van der Waals surface area contributed by atoms with Crippen LogP contribution in [-0.4, -0.2) is 6.04 Å². The summed E-state index contributed by atoms with van der Waals surface area (Å²) >= 11 is 0. The minimum atomic E-state index is 0.332. The van der Waals surface area contributed by atoms with E-state index in [0.717, 1.165) is 12.8 Å². The summed E-state index contributed by atoms with van der Waals surface area (Å²) < 4.78 is 0. The Balaban J connectivity index is 3.49. The lowest BCUT2D eigenvalue weighted by molar-refractivity contribution is 0.276. The van der Waals surface area contributed by atoms with Crippen molar-refractivity contribution in [2.75, 3.05) is 0 Å². The lowest BCUT2D eigenvalue weighted by Crippen LogP contribution is -2.24. The van der Waals surface area contributed by atoms with Crippen molar-refractivity contribution in [2.24, 2.45) is 11.1 Å². The molecular weight excluding hydrogens is 170 g/mol. The second-order valence-electron chi connectivity index (χ2n) is 5.23. The van der Waals surface area contributed by atoms with Crippen LogP contribution in [0.4, 0.5) is 0 Å². The maximum absolute atomic E-state index is 5.82. The van der Waals surface area contributed by atoms with Crippen LogP contribution in [-0.2, 0) is 0 Å². The van der Waals surface area contributed by atoms with Crippen LogP contribution in [0, 0.1) is 5.41 Å². The lowest BCUT2D eigenvalue weighted by Gasteiger charge is -2.26. The zero-order valence-electron chi connectivity index (χ0n) is 10.2. The molecule has 0 aliphatic rings. The molecule has 0 bridgehead atoms. The molecule has 0 spiro atoms. The van der Waals surface area contributed by atoms with Gasteiger partial charge in [-0.1, -0.05) is 32.8 Å². The Morgan fingerprint density at radius 2 is 1.93 bits per heavy atom. The smallest absolute Gasteiger partial charge is 0.00155 e. The molecule has 1 heteroatoms. The number of unbranched alkanes of at least 4 members (excludes halogenated alkanes) is 3. The predicted octanol–water partition coefficient (Wildman–Crippen LogP) is 3.89. The molecule has 0 heterocycles. The molecule has 84 valence electrons. The van der Waals surface area contributed by atoms with E-state index in [1.54, 1.807) is 0 Å². The number of allylic oxidation sites excluding steroid dienone is 1. The fraction of sp³-hybridized carbons (Fsp3) is 0.846. The average Bonchev–Trinajstić information content (AvgIpc) is 2.01. The molecule has 0 saturated heterocycles. The van der Waals surface area contributed by atoms with Crippen LogP contribution in [0.5, 0.6) is 0 Å². The van der Waals surface area contributed by atoms with Gasteiger partial charge < -0.3 is 5.73 Å². The summed E-state index contributed by atoms with van der Waals surface area (Å²) in [6, 6.07) is 0.332. The first-order chi connectivity index (χ1) is 6.48. The first-order valence-electron chi connectivity index (χ1n) is 5.84. The lowest BCUT2D eigenvalue weighted by atomic mass is 9.81. The Bertz CT molecular complexity index is 147. The summed E-state index contributed by atoms with van der Waals surface area (Å²) in [6.45, 7) is 10.5. The summed E-state index contributed by atoms with van der Waals surface area (Å²) in [4.78, 5) is 0. The highest BCUT2D eigenvalue weighted by Gasteiger charge is 2.18. The van der Waals surface area contributed by atoms with Crippen molar-refractivity contribution >= 4 is 0 Å². The van der Waals surface area contributed by atoms with Gasteiger partial charge in [0.2, 0.25) is 0 Å². The van der Waals surface area contributed by atoms with Gasteiger partial charge in [-0.3, -0.25) is 0 Å². The van der Waals surface area contributed by atoms with Crippen LogP contribution < -0.4 is 5.73 Å². The van der Waals surface area contributed by atoms with Gasteiger partial charge in [-0.25, -0.2) is 0 Å². The van der Waals surface area contributed by atoms with E-state index in [0.29, 0.717) is 11.5 Å². The van der Waals surface area contributed by atoms with Crippen molar-refractivity contribution in [1.29, 1.82) is 0 Å². The molecule has 0 aromatic rings. The highest BCUT2D eigenvalue weighted by atomic mass is 14.6. The Labute approximate surface area is 89.8 Å². The van der Waals surface area contributed by atoms with E-state index in [2.05, 4.69) is 27.4 Å². The minimum Gasteiger partial charge on any atom is -0.328 e. The third-order valence-electron chi connectivity index (χ3n) is 2.64. The van der Waals surface area contributed by atoms with Crippen molar-refractivity contribution < 1.29 is 0 Å².